The minimum Gasteiger partial charge on any atom is -0.334 e. The maximum atomic E-state index is 2.71. The lowest BCUT2D eigenvalue weighted by Gasteiger charge is -2.43. The summed E-state index contributed by atoms with van der Waals surface area (Å²) in [6.45, 7) is 9.99. The monoisotopic (exact) mass is 1210 g/mol. The van der Waals surface area contributed by atoms with Crippen molar-refractivity contribution in [2.24, 2.45) is 0 Å². The summed E-state index contributed by atoms with van der Waals surface area (Å²) in [7, 11) is 0. The molecule has 4 nitrogen and oxygen atoms in total. The minimum atomic E-state index is -0.428. The molecule has 2 aliphatic carbocycles. The van der Waals surface area contributed by atoms with Crippen LogP contribution in [0.25, 0.3) is 93.2 Å². The van der Waals surface area contributed by atoms with Gasteiger partial charge in [-0.15, -0.1) is 0 Å². The van der Waals surface area contributed by atoms with E-state index in [1.807, 2.05) is 0 Å². The summed E-state index contributed by atoms with van der Waals surface area (Å²) in [5.41, 5.74) is 25.1. The van der Waals surface area contributed by atoms with E-state index in [0.29, 0.717) is 0 Å². The van der Waals surface area contributed by atoms with Gasteiger partial charge in [0.2, 0.25) is 0 Å². The molecule has 1 aromatic heterocycles. The first-order valence-corrected chi connectivity index (χ1v) is 33.4. The van der Waals surface area contributed by atoms with Crippen molar-refractivity contribution >= 4 is 93.9 Å². The van der Waals surface area contributed by atoms with E-state index in [1.54, 1.807) is 0 Å². The lowest BCUT2D eigenvalue weighted by molar-refractivity contribution is 0.594. The van der Waals surface area contributed by atoms with Crippen molar-refractivity contribution in [2.45, 2.75) is 63.8 Å². The maximum Gasteiger partial charge on any atom is 0.0582 e. The highest BCUT2D eigenvalue weighted by Gasteiger charge is 2.45. The summed E-state index contributed by atoms with van der Waals surface area (Å²) in [6, 6.07) is 101. The van der Waals surface area contributed by atoms with Gasteiger partial charge in [-0.25, -0.2) is 0 Å². The lowest BCUT2D eigenvalue weighted by Crippen LogP contribution is -2.33. The van der Waals surface area contributed by atoms with Crippen molar-refractivity contribution in [1.29, 1.82) is 0 Å². The van der Waals surface area contributed by atoms with Crippen LogP contribution < -0.4 is 14.7 Å². The Morgan fingerprint density at radius 3 is 1.21 bits per heavy atom. The first-order chi connectivity index (χ1) is 46.2. The molecule has 0 bridgehead atoms. The quantitative estimate of drug-likeness (QED) is 0.121. The van der Waals surface area contributed by atoms with Crippen LogP contribution in [0.4, 0.5) is 39.8 Å². The third kappa shape index (κ3) is 8.59. The number of nitrogens with zero attached hydrogens (tertiary/aromatic N) is 4. The standard InChI is InChI=1S/C90H70N4/c1-89(2)79-55-59(68-47-50-83(74-44-26-23-41-71(68)74)91(62-29-11-5-12-30-62)63-31-13-6-14-32-63)53-77-78-54-60(69-48-51-84(75-45-27-24-42-72(69)75)92(64-33-15-7-16-34-64)65-35-17-8-18-36-65)56-80-87(78)94(86(77)79)88-81(89)57-61(58-82(88)90(80,3)4)70-49-52-85(76-46-28-25-43-73(70)76)93(66-37-19-9-20-38-66)67-39-21-10-22-40-67/h5-7,9-17,19-39,41-58,67H,8,18,40H2,1-4H3. The molecule has 4 heteroatoms. The topological polar surface area (TPSA) is 14.7 Å². The second-order valence-electron chi connectivity index (χ2n) is 27.0. The van der Waals surface area contributed by atoms with E-state index < -0.39 is 10.8 Å². The van der Waals surface area contributed by atoms with E-state index in [0.717, 1.165) is 42.0 Å². The van der Waals surface area contributed by atoms with E-state index >= 15 is 0 Å². The van der Waals surface area contributed by atoms with Gasteiger partial charge in [0.15, 0.2) is 0 Å². The highest BCUT2D eigenvalue weighted by molar-refractivity contribution is 6.19. The van der Waals surface area contributed by atoms with Gasteiger partial charge in [-0.2, -0.15) is 0 Å². The van der Waals surface area contributed by atoms with Crippen molar-refractivity contribution in [2.75, 3.05) is 14.7 Å². The molecule has 0 saturated heterocycles. The van der Waals surface area contributed by atoms with E-state index in [2.05, 4.69) is 356 Å². The van der Waals surface area contributed by atoms with Gasteiger partial charge in [-0.3, -0.25) is 0 Å². The molecule has 94 heavy (non-hydrogen) atoms. The van der Waals surface area contributed by atoms with Crippen LogP contribution in [0.15, 0.2) is 315 Å². The van der Waals surface area contributed by atoms with Gasteiger partial charge in [0.05, 0.1) is 34.1 Å². The Balaban J connectivity index is 0.890. The molecule has 0 spiro atoms. The number of allylic oxidation sites excluding steroid dienone is 5. The average Bonchev–Trinajstić information content (AvgIpc) is 1.45. The van der Waals surface area contributed by atoms with E-state index in [-0.39, 0.29) is 6.04 Å². The zero-order valence-corrected chi connectivity index (χ0v) is 53.4. The van der Waals surface area contributed by atoms with Crippen LogP contribution in [0, 0.1) is 0 Å². The van der Waals surface area contributed by atoms with Crippen molar-refractivity contribution < 1.29 is 0 Å². The molecular weight excluding hydrogens is 1140 g/mol. The van der Waals surface area contributed by atoms with Gasteiger partial charge >= 0.3 is 0 Å². The van der Waals surface area contributed by atoms with Gasteiger partial charge < -0.3 is 19.3 Å². The first-order valence-electron chi connectivity index (χ1n) is 33.4. The minimum absolute atomic E-state index is 0.173. The number of para-hydroxylation sites is 4. The summed E-state index contributed by atoms with van der Waals surface area (Å²) < 4.78 is 2.71. The van der Waals surface area contributed by atoms with E-state index in [9.17, 15) is 0 Å². The largest absolute Gasteiger partial charge is 0.334 e. The second-order valence-corrected chi connectivity index (χ2v) is 27.0. The fourth-order valence-corrected chi connectivity index (χ4v) is 16.4. The van der Waals surface area contributed by atoms with Gasteiger partial charge in [0.25, 0.3) is 0 Å². The van der Waals surface area contributed by atoms with Crippen LogP contribution in [0.1, 0.15) is 69.2 Å². The smallest absolute Gasteiger partial charge is 0.0582 e. The molecule has 1 atom stereocenters. The Labute approximate surface area is 550 Å². The predicted molar refractivity (Wildman–Crippen MR) is 399 cm³/mol. The van der Waals surface area contributed by atoms with Crippen molar-refractivity contribution in [3.63, 3.8) is 0 Å². The number of hydrogen-bond donors (Lipinski definition) is 0. The third-order valence-corrected chi connectivity index (χ3v) is 21.0. The molecule has 450 valence electrons. The fraction of sp³-hybridized carbons (Fsp3) is 0.111. The van der Waals surface area contributed by atoms with Crippen molar-refractivity contribution in [1.82, 2.24) is 4.57 Å². The highest BCUT2D eigenvalue weighted by Crippen LogP contribution is 2.59. The zero-order valence-electron chi connectivity index (χ0n) is 53.4. The summed E-state index contributed by atoms with van der Waals surface area (Å²) in [5.74, 6) is 0. The predicted octanol–water partition coefficient (Wildman–Crippen LogP) is 24.4. The average molecular weight is 1210 g/mol. The normalized spacial score (nSPS) is 15.5. The highest BCUT2D eigenvalue weighted by atomic mass is 15.2. The molecule has 4 aliphatic rings. The summed E-state index contributed by atoms with van der Waals surface area (Å²) in [4.78, 5) is 7.40. The Bertz CT molecular complexity index is 5490. The van der Waals surface area contributed by atoms with Crippen molar-refractivity contribution in [3.05, 3.63) is 337 Å². The van der Waals surface area contributed by atoms with Crippen LogP contribution in [0.3, 0.4) is 0 Å². The zero-order chi connectivity index (χ0) is 62.8. The van der Waals surface area contributed by atoms with Gasteiger partial charge in [-0.1, -0.05) is 228 Å². The van der Waals surface area contributed by atoms with Crippen molar-refractivity contribution in [3.8, 4) is 39.1 Å². The number of aromatic nitrogens is 1. The summed E-state index contributed by atoms with van der Waals surface area (Å²) >= 11 is 0. The number of fused-ring (bicyclic) bond motifs is 4. The number of benzene rings is 13. The van der Waals surface area contributed by atoms with E-state index in [1.165, 1.54) is 138 Å². The van der Waals surface area contributed by atoms with Crippen LogP contribution in [0.2, 0.25) is 0 Å². The number of hydrogen-bond acceptors (Lipinski definition) is 3. The molecule has 0 fully saturated rings. The molecule has 14 aromatic rings. The molecular formula is C90H70N4. The molecule has 18 rings (SSSR count). The molecule has 0 saturated carbocycles. The molecule has 13 aromatic carbocycles. The SMILES string of the molecule is CC1(C)c2cc(-c3ccc(N(c4ccccc4)C4C=CC=CC4)c4ccccc34)cc3c2-n2c4c1cc(-c1ccc(N(C5=CCCC=C5)c5ccccc5)c5ccccc15)cc4c1cc(-c4ccc(N(c5ccccc5)c5ccccc5)c5ccccc45)cc(c12)C3(C)C. The van der Waals surface area contributed by atoms with Gasteiger partial charge in [-0.05, 0) is 200 Å². The molecule has 3 heterocycles. The molecule has 0 N–H and O–H groups in total. The Kier molecular flexibility index (Phi) is 12.9. The van der Waals surface area contributed by atoms with Gasteiger partial charge in [0, 0.05) is 71.9 Å². The van der Waals surface area contributed by atoms with E-state index in [4.69, 9.17) is 0 Å². The number of anilines is 7. The molecule has 0 amide bonds. The third-order valence-electron chi connectivity index (χ3n) is 21.0. The summed E-state index contributed by atoms with van der Waals surface area (Å²) in [5, 5.41) is 9.89. The maximum absolute atomic E-state index is 2.71. The second kappa shape index (κ2) is 21.7. The van der Waals surface area contributed by atoms with Gasteiger partial charge in [0.1, 0.15) is 0 Å². The Morgan fingerprint density at radius 2 is 0.755 bits per heavy atom. The number of rotatable bonds is 12. The summed E-state index contributed by atoms with van der Waals surface area (Å²) in [6.07, 6.45) is 19.0. The Morgan fingerprint density at radius 1 is 0.351 bits per heavy atom. The van der Waals surface area contributed by atoms with Crippen LogP contribution >= 0.6 is 0 Å². The molecule has 1 unspecified atom stereocenters. The first kappa shape index (κ1) is 55.6. The lowest BCUT2D eigenvalue weighted by atomic mass is 9.67. The molecule has 2 aliphatic heterocycles. The fourth-order valence-electron chi connectivity index (χ4n) is 16.4. The van der Waals surface area contributed by atoms with Crippen LogP contribution in [-0.4, -0.2) is 10.6 Å². The van der Waals surface area contributed by atoms with Crippen LogP contribution in [0.5, 0.6) is 0 Å². The molecule has 0 radical (unpaired) electrons. The van der Waals surface area contributed by atoms with Crippen LogP contribution in [-0.2, 0) is 10.8 Å². The Hall–Kier alpha value is -11.2.